The third kappa shape index (κ3) is 2.82. The van der Waals surface area contributed by atoms with Crippen LogP contribution in [-0.4, -0.2) is 18.3 Å². The van der Waals surface area contributed by atoms with Gasteiger partial charge in [0.05, 0.1) is 11.2 Å². The SMILES string of the molecule is CC1(C)OB(C(F)=C(c2ccccc2)C23CC4CC(CC(C4)C2)C3)OC1(C)C. The molecule has 2 nitrogen and oxygen atoms in total. The van der Waals surface area contributed by atoms with Gasteiger partial charge in [0.2, 0.25) is 0 Å². The van der Waals surface area contributed by atoms with Crippen molar-refractivity contribution in [3.8, 4) is 0 Å². The fourth-order valence-corrected chi connectivity index (χ4v) is 6.78. The molecule has 28 heavy (non-hydrogen) atoms. The van der Waals surface area contributed by atoms with Crippen molar-refractivity contribution in [3.05, 3.63) is 41.6 Å². The highest BCUT2D eigenvalue weighted by Gasteiger charge is 2.57. The molecule has 5 fully saturated rings. The lowest BCUT2D eigenvalue weighted by molar-refractivity contribution is -0.0184. The first-order valence-electron chi connectivity index (χ1n) is 11.0. The maximum atomic E-state index is 16.3. The van der Waals surface area contributed by atoms with Gasteiger partial charge in [-0.25, -0.2) is 4.39 Å². The molecule has 5 aliphatic rings. The molecule has 0 N–H and O–H groups in total. The molecule has 1 saturated heterocycles. The number of benzene rings is 1. The van der Waals surface area contributed by atoms with E-state index < -0.39 is 18.3 Å². The van der Waals surface area contributed by atoms with E-state index in [1.165, 1.54) is 19.3 Å². The zero-order valence-corrected chi connectivity index (χ0v) is 17.6. The van der Waals surface area contributed by atoms with Crippen molar-refractivity contribution in [3.63, 3.8) is 0 Å². The standard InChI is InChI=1S/C24H32BFO2/c1-22(2)23(3,4)28-25(27-22)21(26)20(19-8-6-5-7-9-19)24-13-16-10-17(14-24)12-18(11-16)15-24/h5-9,16-18H,10-15H2,1-4H3. The van der Waals surface area contributed by atoms with Gasteiger partial charge in [-0.05, 0) is 101 Å². The minimum absolute atomic E-state index is 0.0518. The Morgan fingerprint density at radius 2 is 1.32 bits per heavy atom. The van der Waals surface area contributed by atoms with Crippen LogP contribution in [0.2, 0.25) is 0 Å². The summed E-state index contributed by atoms with van der Waals surface area (Å²) in [5.74, 6) is 2.28. The van der Waals surface area contributed by atoms with Gasteiger partial charge in [0, 0.05) is 0 Å². The summed E-state index contributed by atoms with van der Waals surface area (Å²) in [6.45, 7) is 7.97. The van der Waals surface area contributed by atoms with E-state index in [2.05, 4.69) is 12.1 Å². The number of halogens is 1. The Morgan fingerprint density at radius 3 is 1.79 bits per heavy atom. The maximum Gasteiger partial charge on any atom is 0.525 e. The van der Waals surface area contributed by atoms with Crippen LogP contribution in [0, 0.1) is 23.2 Å². The molecule has 4 heteroatoms. The summed E-state index contributed by atoms with van der Waals surface area (Å²) in [4.78, 5) is 0. The van der Waals surface area contributed by atoms with E-state index in [4.69, 9.17) is 9.31 Å². The fraction of sp³-hybridized carbons (Fsp3) is 0.667. The van der Waals surface area contributed by atoms with Crippen molar-refractivity contribution in [2.24, 2.45) is 23.2 Å². The summed E-state index contributed by atoms with van der Waals surface area (Å²) in [6, 6.07) is 10.2. The van der Waals surface area contributed by atoms with Crippen LogP contribution in [0.25, 0.3) is 5.57 Å². The molecule has 1 aromatic carbocycles. The van der Waals surface area contributed by atoms with Crippen LogP contribution in [0.3, 0.4) is 0 Å². The molecule has 4 aliphatic carbocycles. The highest BCUT2D eigenvalue weighted by molar-refractivity contribution is 6.55. The van der Waals surface area contributed by atoms with Crippen LogP contribution in [-0.2, 0) is 9.31 Å². The van der Waals surface area contributed by atoms with Gasteiger partial charge in [-0.15, -0.1) is 0 Å². The molecule has 0 aromatic heterocycles. The van der Waals surface area contributed by atoms with E-state index in [1.54, 1.807) is 0 Å². The molecule has 0 atom stereocenters. The molecule has 4 bridgehead atoms. The monoisotopic (exact) mass is 382 g/mol. The Morgan fingerprint density at radius 1 is 0.857 bits per heavy atom. The van der Waals surface area contributed by atoms with Crippen LogP contribution < -0.4 is 0 Å². The van der Waals surface area contributed by atoms with Crippen LogP contribution >= 0.6 is 0 Å². The lowest BCUT2D eigenvalue weighted by atomic mass is 9.46. The minimum atomic E-state index is -0.909. The first-order chi connectivity index (χ1) is 13.2. The van der Waals surface area contributed by atoms with Crippen molar-refractivity contribution in [2.45, 2.75) is 77.4 Å². The minimum Gasteiger partial charge on any atom is -0.398 e. The molecule has 4 saturated carbocycles. The predicted molar refractivity (Wildman–Crippen MR) is 111 cm³/mol. The zero-order chi connectivity index (χ0) is 19.7. The van der Waals surface area contributed by atoms with E-state index in [-0.39, 0.29) is 11.1 Å². The molecule has 150 valence electrons. The number of hydrogen-bond donors (Lipinski definition) is 0. The molecular formula is C24H32BFO2. The van der Waals surface area contributed by atoms with Crippen LogP contribution in [0.1, 0.15) is 71.8 Å². The quantitative estimate of drug-likeness (QED) is 0.578. The van der Waals surface area contributed by atoms with Gasteiger partial charge in [-0.3, -0.25) is 0 Å². The Bertz CT molecular complexity index is 747. The first-order valence-corrected chi connectivity index (χ1v) is 11.0. The van der Waals surface area contributed by atoms with Gasteiger partial charge < -0.3 is 9.31 Å². The smallest absolute Gasteiger partial charge is 0.398 e. The lowest BCUT2D eigenvalue weighted by Crippen LogP contribution is -2.47. The second-order valence-electron chi connectivity index (χ2n) is 10.9. The predicted octanol–water partition coefficient (Wildman–Crippen LogP) is 6.22. The first kappa shape index (κ1) is 18.9. The maximum absolute atomic E-state index is 16.3. The molecule has 1 heterocycles. The van der Waals surface area contributed by atoms with Gasteiger partial charge in [-0.2, -0.15) is 0 Å². The van der Waals surface area contributed by atoms with Gasteiger partial charge in [0.15, 0.2) is 0 Å². The summed E-state index contributed by atoms with van der Waals surface area (Å²) in [5.41, 5.74) is 0.592. The topological polar surface area (TPSA) is 18.5 Å². The van der Waals surface area contributed by atoms with Gasteiger partial charge in [0.1, 0.15) is 5.73 Å². The highest BCUT2D eigenvalue weighted by atomic mass is 19.1. The summed E-state index contributed by atoms with van der Waals surface area (Å²) in [6.07, 6.45) is 7.40. The van der Waals surface area contributed by atoms with Gasteiger partial charge in [0.25, 0.3) is 0 Å². The Labute approximate surface area is 169 Å². The molecule has 0 spiro atoms. The number of allylic oxidation sites excluding steroid dienone is 1. The van der Waals surface area contributed by atoms with E-state index in [1.807, 2.05) is 45.9 Å². The number of hydrogen-bond acceptors (Lipinski definition) is 2. The Kier molecular flexibility index (Phi) is 4.17. The molecule has 1 aromatic rings. The summed E-state index contributed by atoms with van der Waals surface area (Å²) in [7, 11) is -0.909. The van der Waals surface area contributed by atoms with E-state index in [0.29, 0.717) is 0 Å². The third-order valence-electron chi connectivity index (χ3n) is 8.33. The van der Waals surface area contributed by atoms with Crippen molar-refractivity contribution in [1.29, 1.82) is 0 Å². The van der Waals surface area contributed by atoms with Gasteiger partial charge >= 0.3 is 7.12 Å². The van der Waals surface area contributed by atoms with Crippen LogP contribution in [0.5, 0.6) is 0 Å². The molecular weight excluding hydrogens is 350 g/mol. The Balaban J connectivity index is 1.61. The van der Waals surface area contributed by atoms with Gasteiger partial charge in [-0.1, -0.05) is 30.3 Å². The molecule has 6 rings (SSSR count). The van der Waals surface area contributed by atoms with Crippen molar-refractivity contribution >= 4 is 12.7 Å². The lowest BCUT2D eigenvalue weighted by Gasteiger charge is -2.58. The van der Waals surface area contributed by atoms with E-state index >= 15 is 4.39 Å². The summed E-state index contributed by atoms with van der Waals surface area (Å²) < 4.78 is 28.6. The largest absolute Gasteiger partial charge is 0.525 e. The zero-order valence-electron chi connectivity index (χ0n) is 17.6. The molecule has 0 amide bonds. The van der Waals surface area contributed by atoms with Crippen LogP contribution in [0.15, 0.2) is 36.1 Å². The normalized spacial score (nSPS) is 38.6. The highest BCUT2D eigenvalue weighted by Crippen LogP contribution is 2.65. The molecule has 0 unspecified atom stereocenters. The van der Waals surface area contributed by atoms with E-state index in [9.17, 15) is 0 Å². The second kappa shape index (κ2) is 6.19. The summed E-state index contributed by atoms with van der Waals surface area (Å²) in [5, 5.41) is 0. The average molecular weight is 382 g/mol. The molecule has 0 radical (unpaired) electrons. The van der Waals surface area contributed by atoms with Crippen molar-refractivity contribution in [1.82, 2.24) is 0 Å². The van der Waals surface area contributed by atoms with Crippen LogP contribution in [0.4, 0.5) is 4.39 Å². The third-order valence-corrected chi connectivity index (χ3v) is 8.33. The Hall–Kier alpha value is -1.13. The van der Waals surface area contributed by atoms with Crippen molar-refractivity contribution in [2.75, 3.05) is 0 Å². The molecule has 1 aliphatic heterocycles. The summed E-state index contributed by atoms with van der Waals surface area (Å²) >= 11 is 0. The fourth-order valence-electron chi connectivity index (χ4n) is 6.78. The van der Waals surface area contributed by atoms with Crippen molar-refractivity contribution < 1.29 is 13.7 Å². The number of rotatable bonds is 3. The second-order valence-corrected chi connectivity index (χ2v) is 10.9. The van der Waals surface area contributed by atoms with E-state index in [0.717, 1.165) is 48.2 Å². The average Bonchev–Trinajstić information content (AvgIpc) is 2.82.